The summed E-state index contributed by atoms with van der Waals surface area (Å²) in [5.41, 5.74) is 1.79. The molecule has 42 heavy (non-hydrogen) atoms. The number of sulfonamides is 1. The predicted octanol–water partition coefficient (Wildman–Crippen LogP) is 7.00. The van der Waals surface area contributed by atoms with Gasteiger partial charge in [0.2, 0.25) is 5.91 Å². The van der Waals surface area contributed by atoms with E-state index in [1.165, 1.54) is 30.3 Å². The fraction of sp³-hybridized carbons (Fsp3) is 0.156. The van der Waals surface area contributed by atoms with Gasteiger partial charge in [-0.2, -0.15) is 0 Å². The van der Waals surface area contributed by atoms with Gasteiger partial charge >= 0.3 is 0 Å². The zero-order valence-electron chi connectivity index (χ0n) is 22.8. The molecule has 1 N–H and O–H groups in total. The highest BCUT2D eigenvalue weighted by molar-refractivity contribution is 7.92. The summed E-state index contributed by atoms with van der Waals surface area (Å²) in [7, 11) is -4.33. The number of amides is 1. The van der Waals surface area contributed by atoms with Crippen LogP contribution in [-0.2, 0) is 21.4 Å². The Bertz CT molecular complexity index is 1660. The van der Waals surface area contributed by atoms with Crippen molar-refractivity contribution in [2.45, 2.75) is 24.8 Å². The summed E-state index contributed by atoms with van der Waals surface area (Å²) in [6.45, 7) is 2.10. The Morgan fingerprint density at radius 1 is 0.952 bits per heavy atom. The molecule has 0 saturated carbocycles. The monoisotopic (exact) mass is 610 g/mol. The van der Waals surface area contributed by atoms with Gasteiger partial charge in [-0.05, 0) is 66.9 Å². The third-order valence-electron chi connectivity index (χ3n) is 6.32. The van der Waals surface area contributed by atoms with Crippen molar-refractivity contribution in [1.29, 1.82) is 0 Å². The van der Waals surface area contributed by atoms with Crippen LogP contribution in [0.5, 0.6) is 5.75 Å². The minimum atomic E-state index is -4.33. The molecule has 0 unspecified atom stereocenters. The van der Waals surface area contributed by atoms with E-state index >= 15 is 0 Å². The van der Waals surface area contributed by atoms with Gasteiger partial charge in [-0.25, -0.2) is 17.2 Å². The summed E-state index contributed by atoms with van der Waals surface area (Å²) >= 11 is 5.93. The lowest BCUT2D eigenvalue weighted by molar-refractivity contribution is -0.116. The first-order valence-electron chi connectivity index (χ1n) is 13.1. The van der Waals surface area contributed by atoms with Crippen LogP contribution in [0, 0.1) is 11.6 Å². The molecule has 4 aromatic rings. The maximum absolute atomic E-state index is 14.9. The van der Waals surface area contributed by atoms with Gasteiger partial charge in [-0.3, -0.25) is 9.10 Å². The van der Waals surface area contributed by atoms with Crippen LogP contribution in [0.3, 0.4) is 0 Å². The maximum Gasteiger partial charge on any atom is 0.264 e. The number of halogens is 3. The molecular weight excluding hydrogens is 582 g/mol. The number of hydrogen-bond acceptors (Lipinski definition) is 4. The molecule has 0 radical (unpaired) electrons. The first kappa shape index (κ1) is 30.7. The van der Waals surface area contributed by atoms with Crippen LogP contribution in [0.15, 0.2) is 108 Å². The predicted molar refractivity (Wildman–Crippen MR) is 161 cm³/mol. The lowest BCUT2D eigenvalue weighted by Gasteiger charge is -2.26. The Labute approximate surface area is 249 Å². The zero-order chi connectivity index (χ0) is 30.1. The van der Waals surface area contributed by atoms with Crippen molar-refractivity contribution in [3.63, 3.8) is 0 Å². The normalized spacial score (nSPS) is 11.7. The number of nitrogens with one attached hydrogen (secondary N) is 1. The number of ether oxygens (including phenoxy) is 1. The van der Waals surface area contributed by atoms with E-state index in [0.29, 0.717) is 29.3 Å². The third-order valence-corrected chi connectivity index (χ3v) is 8.35. The highest BCUT2D eigenvalue weighted by Crippen LogP contribution is 2.32. The van der Waals surface area contributed by atoms with E-state index < -0.39 is 27.3 Å². The van der Waals surface area contributed by atoms with E-state index in [-0.39, 0.29) is 24.0 Å². The summed E-state index contributed by atoms with van der Waals surface area (Å²) in [5.74, 6) is -1.54. The molecule has 0 aliphatic heterocycles. The van der Waals surface area contributed by atoms with E-state index in [9.17, 15) is 22.0 Å². The molecule has 0 bridgehead atoms. The molecule has 0 aromatic heterocycles. The highest BCUT2D eigenvalue weighted by Gasteiger charge is 2.29. The Kier molecular flexibility index (Phi) is 10.3. The van der Waals surface area contributed by atoms with Crippen molar-refractivity contribution >= 4 is 38.8 Å². The van der Waals surface area contributed by atoms with Gasteiger partial charge in [-0.1, -0.05) is 60.1 Å². The van der Waals surface area contributed by atoms with Crippen LogP contribution in [0.25, 0.3) is 5.57 Å². The molecule has 10 heteroatoms. The number of anilines is 1. The molecule has 0 aliphatic rings. The van der Waals surface area contributed by atoms with Crippen LogP contribution < -0.4 is 14.4 Å². The van der Waals surface area contributed by atoms with Gasteiger partial charge in [-0.15, -0.1) is 0 Å². The SMILES string of the molecule is C/C(=C/C(=O)NCCCOc1ccccc1CN(c1cc(F)ccc1F)S(=O)(=O)c1ccc(Cl)cc1)c1ccccc1. The molecular formula is C32H29ClF2N2O4S. The van der Waals surface area contributed by atoms with Gasteiger partial charge in [0.15, 0.2) is 0 Å². The minimum absolute atomic E-state index is 0.138. The van der Waals surface area contributed by atoms with Crippen molar-refractivity contribution in [1.82, 2.24) is 5.32 Å². The fourth-order valence-electron chi connectivity index (χ4n) is 4.14. The largest absolute Gasteiger partial charge is 0.493 e. The van der Waals surface area contributed by atoms with Crippen LogP contribution in [0.2, 0.25) is 5.02 Å². The topological polar surface area (TPSA) is 75.7 Å². The zero-order valence-corrected chi connectivity index (χ0v) is 24.3. The molecule has 0 aliphatic carbocycles. The van der Waals surface area contributed by atoms with Gasteiger partial charge in [0.1, 0.15) is 17.4 Å². The lowest BCUT2D eigenvalue weighted by atomic mass is 10.1. The first-order chi connectivity index (χ1) is 20.1. The number of benzene rings is 4. The second-order valence-corrected chi connectivity index (χ2v) is 11.7. The summed E-state index contributed by atoms with van der Waals surface area (Å²) < 4.78 is 63.1. The minimum Gasteiger partial charge on any atom is -0.493 e. The van der Waals surface area contributed by atoms with E-state index in [1.807, 2.05) is 37.3 Å². The van der Waals surface area contributed by atoms with Crippen LogP contribution >= 0.6 is 11.6 Å². The Morgan fingerprint density at radius 2 is 1.64 bits per heavy atom. The molecule has 4 rings (SSSR count). The fourth-order valence-corrected chi connectivity index (χ4v) is 5.71. The summed E-state index contributed by atoms with van der Waals surface area (Å²) in [6.07, 6.45) is 2.01. The van der Waals surface area contributed by atoms with Crippen LogP contribution in [0.1, 0.15) is 24.5 Å². The van der Waals surface area contributed by atoms with Crippen LogP contribution in [0.4, 0.5) is 14.5 Å². The highest BCUT2D eigenvalue weighted by atomic mass is 35.5. The molecule has 218 valence electrons. The second-order valence-electron chi connectivity index (χ2n) is 9.36. The number of rotatable bonds is 12. The number of para-hydroxylation sites is 1. The van der Waals surface area contributed by atoms with Crippen molar-refractivity contribution in [3.05, 3.63) is 131 Å². The maximum atomic E-state index is 14.9. The first-order valence-corrected chi connectivity index (χ1v) is 14.9. The average molecular weight is 611 g/mol. The number of nitrogens with zero attached hydrogens (tertiary/aromatic N) is 1. The van der Waals surface area contributed by atoms with Gasteiger partial charge in [0.25, 0.3) is 10.0 Å². The average Bonchev–Trinajstić information content (AvgIpc) is 2.98. The summed E-state index contributed by atoms with van der Waals surface area (Å²) in [6, 6.07) is 24.3. The molecule has 0 saturated heterocycles. The third kappa shape index (κ3) is 7.96. The van der Waals surface area contributed by atoms with Crippen molar-refractivity contribution in [2.75, 3.05) is 17.5 Å². The standard InChI is InChI=1S/C32H29ClF2N2O4S/c1-23(24-8-3-2-4-9-24)20-32(38)36-18-7-19-41-31-11-6-5-10-25(31)22-37(30-21-27(34)14-17-29(30)35)42(39,40)28-15-12-26(33)13-16-28/h2-6,8-17,20-21H,7,18-19,22H2,1H3,(H,36,38)/b23-20-. The molecule has 0 fully saturated rings. The molecule has 4 aromatic carbocycles. The van der Waals surface area contributed by atoms with Crippen molar-refractivity contribution in [3.8, 4) is 5.75 Å². The Hall–Kier alpha value is -4.21. The molecule has 6 nitrogen and oxygen atoms in total. The Morgan fingerprint density at radius 3 is 2.38 bits per heavy atom. The number of carbonyl (C=O) groups excluding carboxylic acids is 1. The van der Waals surface area contributed by atoms with Crippen molar-refractivity contribution < 1.29 is 26.7 Å². The van der Waals surface area contributed by atoms with Gasteiger partial charge in [0.05, 0.1) is 23.7 Å². The molecule has 1 amide bonds. The summed E-state index contributed by atoms with van der Waals surface area (Å²) in [5, 5.41) is 3.15. The van der Waals surface area contributed by atoms with Gasteiger partial charge in [0, 0.05) is 29.3 Å². The smallest absolute Gasteiger partial charge is 0.264 e. The molecule has 0 spiro atoms. The van der Waals surface area contributed by atoms with Gasteiger partial charge < -0.3 is 10.1 Å². The number of allylic oxidation sites excluding steroid dienone is 1. The Balaban J connectivity index is 1.46. The second kappa shape index (κ2) is 14.1. The lowest BCUT2D eigenvalue weighted by Crippen LogP contribution is -2.31. The quantitative estimate of drug-likeness (QED) is 0.138. The van der Waals surface area contributed by atoms with E-state index in [4.69, 9.17) is 16.3 Å². The van der Waals surface area contributed by atoms with Crippen LogP contribution in [-0.4, -0.2) is 27.5 Å². The molecule has 0 heterocycles. The summed E-state index contributed by atoms with van der Waals surface area (Å²) in [4.78, 5) is 12.2. The van der Waals surface area contributed by atoms with E-state index in [1.54, 1.807) is 24.3 Å². The molecule has 0 atom stereocenters. The number of carbonyl (C=O) groups is 1. The number of hydrogen-bond donors (Lipinski definition) is 1. The van der Waals surface area contributed by atoms with E-state index in [0.717, 1.165) is 33.6 Å². The van der Waals surface area contributed by atoms with Crippen molar-refractivity contribution in [2.24, 2.45) is 0 Å². The van der Waals surface area contributed by atoms with E-state index in [2.05, 4.69) is 5.32 Å².